The monoisotopic (exact) mass is 370 g/mol. The van der Waals surface area contributed by atoms with Crippen LogP contribution in [0.3, 0.4) is 0 Å². The van der Waals surface area contributed by atoms with Crippen molar-refractivity contribution in [2.24, 2.45) is 0 Å². The van der Waals surface area contributed by atoms with Crippen LogP contribution in [0.4, 0.5) is 9.18 Å². The lowest BCUT2D eigenvalue weighted by Gasteiger charge is -2.35. The predicted molar refractivity (Wildman–Crippen MR) is 105 cm³/mol. The van der Waals surface area contributed by atoms with Crippen molar-refractivity contribution in [2.75, 3.05) is 26.2 Å². The first-order chi connectivity index (χ1) is 12.8. The van der Waals surface area contributed by atoms with Gasteiger partial charge in [-0.1, -0.05) is 36.4 Å². The molecule has 0 unspecified atom stereocenters. The molecule has 1 aliphatic heterocycles. The molecule has 0 spiro atoms. The topological polar surface area (TPSA) is 32.8 Å². The first-order valence-electron chi connectivity index (χ1n) is 9.35. The lowest BCUT2D eigenvalue weighted by Crippen LogP contribution is -2.49. The van der Waals surface area contributed by atoms with Gasteiger partial charge in [-0.2, -0.15) is 0 Å². The van der Waals surface area contributed by atoms with E-state index in [0.29, 0.717) is 13.1 Å². The molecule has 0 N–H and O–H groups in total. The van der Waals surface area contributed by atoms with Gasteiger partial charge in [0.15, 0.2) is 0 Å². The summed E-state index contributed by atoms with van der Waals surface area (Å²) in [6.45, 7) is 9.54. The summed E-state index contributed by atoms with van der Waals surface area (Å²) in [5, 5.41) is 0. The molecule has 5 heteroatoms. The molecule has 1 aliphatic rings. The van der Waals surface area contributed by atoms with Gasteiger partial charge in [0.1, 0.15) is 11.4 Å². The molecule has 0 atom stereocenters. The molecule has 0 aliphatic carbocycles. The van der Waals surface area contributed by atoms with E-state index in [0.717, 1.165) is 30.8 Å². The van der Waals surface area contributed by atoms with Gasteiger partial charge in [0.25, 0.3) is 0 Å². The number of ether oxygens (including phenoxy) is 1. The van der Waals surface area contributed by atoms with Crippen molar-refractivity contribution in [3.05, 3.63) is 59.9 Å². The Kier molecular flexibility index (Phi) is 5.80. The summed E-state index contributed by atoms with van der Waals surface area (Å²) in [6.07, 6.45) is -0.231. The summed E-state index contributed by atoms with van der Waals surface area (Å²) in [7, 11) is 0. The SMILES string of the molecule is CC(C)(C)OC(=O)N1CCN(Cc2ccc(-c3ccc(F)cc3)cc2)CC1. The van der Waals surface area contributed by atoms with Gasteiger partial charge in [-0.05, 0) is 49.6 Å². The molecule has 27 heavy (non-hydrogen) atoms. The van der Waals surface area contributed by atoms with Crippen molar-refractivity contribution in [3.63, 3.8) is 0 Å². The summed E-state index contributed by atoms with van der Waals surface area (Å²) in [5.74, 6) is -0.221. The number of carbonyl (C=O) groups excluding carboxylic acids is 1. The second kappa shape index (κ2) is 8.09. The fraction of sp³-hybridized carbons (Fsp3) is 0.409. The lowest BCUT2D eigenvalue weighted by molar-refractivity contribution is 0.0139. The number of nitrogens with zero attached hydrogens (tertiary/aromatic N) is 2. The van der Waals surface area contributed by atoms with E-state index >= 15 is 0 Å². The van der Waals surface area contributed by atoms with Gasteiger partial charge in [-0.15, -0.1) is 0 Å². The maximum absolute atomic E-state index is 13.0. The third kappa shape index (κ3) is 5.54. The van der Waals surface area contributed by atoms with Crippen molar-refractivity contribution in [3.8, 4) is 11.1 Å². The first-order valence-corrected chi connectivity index (χ1v) is 9.35. The molecule has 2 aromatic rings. The van der Waals surface area contributed by atoms with Crippen LogP contribution in [0.5, 0.6) is 0 Å². The highest BCUT2D eigenvalue weighted by molar-refractivity contribution is 5.68. The lowest BCUT2D eigenvalue weighted by atomic mass is 10.0. The Morgan fingerprint density at radius 1 is 0.926 bits per heavy atom. The van der Waals surface area contributed by atoms with Gasteiger partial charge in [0.05, 0.1) is 0 Å². The van der Waals surface area contributed by atoms with E-state index in [-0.39, 0.29) is 11.9 Å². The van der Waals surface area contributed by atoms with Crippen molar-refractivity contribution in [2.45, 2.75) is 32.9 Å². The number of halogens is 1. The van der Waals surface area contributed by atoms with Crippen molar-refractivity contribution < 1.29 is 13.9 Å². The maximum atomic E-state index is 13.0. The second-order valence-electron chi connectivity index (χ2n) is 7.95. The number of hydrogen-bond donors (Lipinski definition) is 0. The highest BCUT2D eigenvalue weighted by Crippen LogP contribution is 2.21. The summed E-state index contributed by atoms with van der Waals surface area (Å²) in [6, 6.07) is 14.9. The van der Waals surface area contributed by atoms with Crippen molar-refractivity contribution in [1.82, 2.24) is 9.80 Å². The first kappa shape index (κ1) is 19.4. The van der Waals surface area contributed by atoms with Gasteiger partial charge in [-0.3, -0.25) is 4.90 Å². The van der Waals surface area contributed by atoms with E-state index in [1.54, 1.807) is 17.0 Å². The van der Waals surface area contributed by atoms with Gasteiger partial charge in [0, 0.05) is 32.7 Å². The Morgan fingerprint density at radius 2 is 1.44 bits per heavy atom. The highest BCUT2D eigenvalue weighted by atomic mass is 19.1. The summed E-state index contributed by atoms with van der Waals surface area (Å²) in [5.41, 5.74) is 2.86. The van der Waals surface area contributed by atoms with Gasteiger partial charge in [0.2, 0.25) is 0 Å². The fourth-order valence-corrected chi connectivity index (χ4v) is 3.12. The molecule has 1 amide bonds. The van der Waals surface area contributed by atoms with Crippen LogP contribution in [-0.2, 0) is 11.3 Å². The quantitative estimate of drug-likeness (QED) is 0.795. The molecule has 1 fully saturated rings. The molecule has 3 rings (SSSR count). The normalized spacial score (nSPS) is 15.6. The van der Waals surface area contributed by atoms with E-state index in [1.807, 2.05) is 20.8 Å². The summed E-state index contributed by atoms with van der Waals surface area (Å²) < 4.78 is 18.5. The zero-order valence-electron chi connectivity index (χ0n) is 16.2. The van der Waals surface area contributed by atoms with E-state index in [4.69, 9.17) is 4.74 Å². The minimum Gasteiger partial charge on any atom is -0.444 e. The third-order valence-electron chi connectivity index (χ3n) is 4.56. The molecular formula is C22H27FN2O2. The fourth-order valence-electron chi connectivity index (χ4n) is 3.12. The number of rotatable bonds is 3. The maximum Gasteiger partial charge on any atom is 0.410 e. The highest BCUT2D eigenvalue weighted by Gasteiger charge is 2.25. The average molecular weight is 370 g/mol. The molecule has 0 bridgehead atoms. The molecule has 1 heterocycles. The van der Waals surface area contributed by atoms with Crippen LogP contribution in [-0.4, -0.2) is 47.7 Å². The van der Waals surface area contributed by atoms with E-state index in [2.05, 4.69) is 29.2 Å². The van der Waals surface area contributed by atoms with Crippen molar-refractivity contribution >= 4 is 6.09 Å². The molecular weight excluding hydrogens is 343 g/mol. The zero-order chi connectivity index (χ0) is 19.4. The van der Waals surface area contributed by atoms with Crippen LogP contribution >= 0.6 is 0 Å². The van der Waals surface area contributed by atoms with E-state index in [1.165, 1.54) is 17.7 Å². The minimum absolute atomic E-state index is 0.221. The number of carbonyl (C=O) groups is 1. The summed E-state index contributed by atoms with van der Waals surface area (Å²) >= 11 is 0. The molecule has 0 radical (unpaired) electrons. The van der Waals surface area contributed by atoms with Crippen LogP contribution in [0.25, 0.3) is 11.1 Å². The Labute approximate surface area is 160 Å². The van der Waals surface area contributed by atoms with Crippen LogP contribution in [0.15, 0.2) is 48.5 Å². The third-order valence-corrected chi connectivity index (χ3v) is 4.56. The molecule has 2 aromatic carbocycles. The zero-order valence-corrected chi connectivity index (χ0v) is 16.2. The van der Waals surface area contributed by atoms with Crippen molar-refractivity contribution in [1.29, 1.82) is 0 Å². The average Bonchev–Trinajstić information content (AvgIpc) is 2.62. The smallest absolute Gasteiger partial charge is 0.410 e. The Hall–Kier alpha value is -2.40. The number of benzene rings is 2. The number of hydrogen-bond acceptors (Lipinski definition) is 3. The molecule has 1 saturated heterocycles. The second-order valence-corrected chi connectivity index (χ2v) is 7.95. The van der Waals surface area contributed by atoms with E-state index < -0.39 is 5.60 Å². The number of piperazine rings is 1. The van der Waals surface area contributed by atoms with Gasteiger partial charge < -0.3 is 9.64 Å². The molecule has 144 valence electrons. The minimum atomic E-state index is -0.458. The van der Waals surface area contributed by atoms with Crippen LogP contribution in [0.1, 0.15) is 26.3 Å². The molecule has 4 nitrogen and oxygen atoms in total. The van der Waals surface area contributed by atoms with Gasteiger partial charge >= 0.3 is 6.09 Å². The Morgan fingerprint density at radius 3 is 1.96 bits per heavy atom. The van der Waals surface area contributed by atoms with Crippen LogP contribution in [0, 0.1) is 5.82 Å². The standard InChI is InChI=1S/C22H27FN2O2/c1-22(2,3)27-21(26)25-14-12-24(13-15-25)16-17-4-6-18(7-5-17)19-8-10-20(23)11-9-19/h4-11H,12-16H2,1-3H3. The molecule has 0 saturated carbocycles. The molecule has 0 aromatic heterocycles. The predicted octanol–water partition coefficient (Wildman–Crippen LogP) is 4.55. The van der Waals surface area contributed by atoms with Crippen LogP contribution < -0.4 is 0 Å². The van der Waals surface area contributed by atoms with Crippen LogP contribution in [0.2, 0.25) is 0 Å². The largest absolute Gasteiger partial charge is 0.444 e. The Bertz CT molecular complexity index is 758. The summed E-state index contributed by atoms with van der Waals surface area (Å²) in [4.78, 5) is 16.3. The van der Waals surface area contributed by atoms with Gasteiger partial charge in [-0.25, -0.2) is 9.18 Å². The Balaban J connectivity index is 1.52. The van der Waals surface area contributed by atoms with E-state index in [9.17, 15) is 9.18 Å². The number of amides is 1.